The standard InChI is InChI=1S/C12H17FN2O3/c1-17-6-2-5-15-12(16)8-18-11-4-3-9(14)7-10(11)13/h3-4,7H,2,5-6,8,14H2,1H3,(H,15,16). The normalized spacial score (nSPS) is 10.1. The average molecular weight is 256 g/mol. The van der Waals surface area contributed by atoms with Gasteiger partial charge in [0.2, 0.25) is 0 Å². The lowest BCUT2D eigenvalue weighted by molar-refractivity contribution is -0.123. The molecule has 3 N–H and O–H groups in total. The van der Waals surface area contributed by atoms with Crippen LogP contribution < -0.4 is 15.8 Å². The maximum absolute atomic E-state index is 13.3. The monoisotopic (exact) mass is 256 g/mol. The first-order valence-electron chi connectivity index (χ1n) is 5.57. The zero-order valence-corrected chi connectivity index (χ0v) is 10.2. The van der Waals surface area contributed by atoms with Crippen molar-refractivity contribution in [3.05, 3.63) is 24.0 Å². The highest BCUT2D eigenvalue weighted by Crippen LogP contribution is 2.18. The van der Waals surface area contributed by atoms with Crippen molar-refractivity contribution in [3.8, 4) is 5.75 Å². The summed E-state index contributed by atoms with van der Waals surface area (Å²) in [5, 5.41) is 2.63. The molecule has 5 nitrogen and oxygen atoms in total. The smallest absolute Gasteiger partial charge is 0.257 e. The lowest BCUT2D eigenvalue weighted by atomic mass is 10.3. The van der Waals surface area contributed by atoms with Gasteiger partial charge in [0, 0.05) is 32.0 Å². The van der Waals surface area contributed by atoms with Crippen molar-refractivity contribution in [1.82, 2.24) is 5.32 Å². The minimum absolute atomic E-state index is 0.0104. The van der Waals surface area contributed by atoms with Crippen LogP contribution in [0.3, 0.4) is 0 Å². The van der Waals surface area contributed by atoms with Gasteiger partial charge in [-0.2, -0.15) is 0 Å². The van der Waals surface area contributed by atoms with Gasteiger partial charge in [0.1, 0.15) is 0 Å². The quantitative estimate of drug-likeness (QED) is 0.562. The number of hydrogen-bond acceptors (Lipinski definition) is 4. The molecular weight excluding hydrogens is 239 g/mol. The Morgan fingerprint density at radius 1 is 1.50 bits per heavy atom. The molecule has 1 aromatic rings. The van der Waals surface area contributed by atoms with Crippen LogP contribution in [0.5, 0.6) is 5.75 Å². The molecule has 0 aliphatic carbocycles. The second-order valence-corrected chi connectivity index (χ2v) is 3.67. The summed E-state index contributed by atoms with van der Waals surface area (Å²) in [6.07, 6.45) is 0.721. The van der Waals surface area contributed by atoms with Crippen molar-refractivity contribution in [2.75, 3.05) is 32.6 Å². The number of nitrogens with one attached hydrogen (secondary N) is 1. The number of rotatable bonds is 7. The van der Waals surface area contributed by atoms with Gasteiger partial charge in [-0.05, 0) is 18.6 Å². The van der Waals surface area contributed by atoms with E-state index in [1.807, 2.05) is 0 Å². The van der Waals surface area contributed by atoms with E-state index in [2.05, 4.69) is 5.32 Å². The minimum atomic E-state index is -0.581. The van der Waals surface area contributed by atoms with Gasteiger partial charge in [-0.3, -0.25) is 4.79 Å². The number of nitrogens with two attached hydrogens (primary N) is 1. The van der Waals surface area contributed by atoms with Gasteiger partial charge in [0.05, 0.1) is 0 Å². The van der Waals surface area contributed by atoms with E-state index in [-0.39, 0.29) is 18.3 Å². The van der Waals surface area contributed by atoms with Crippen LogP contribution in [-0.2, 0) is 9.53 Å². The van der Waals surface area contributed by atoms with Gasteiger partial charge in [-0.1, -0.05) is 0 Å². The van der Waals surface area contributed by atoms with E-state index in [0.717, 1.165) is 12.5 Å². The van der Waals surface area contributed by atoms with Gasteiger partial charge >= 0.3 is 0 Å². The number of amides is 1. The molecular formula is C12H17FN2O3. The molecule has 0 aliphatic rings. The highest BCUT2D eigenvalue weighted by Gasteiger charge is 2.06. The summed E-state index contributed by atoms with van der Waals surface area (Å²) in [7, 11) is 1.59. The molecule has 0 aromatic heterocycles. The van der Waals surface area contributed by atoms with Crippen LogP contribution in [0.1, 0.15) is 6.42 Å². The van der Waals surface area contributed by atoms with E-state index in [1.54, 1.807) is 7.11 Å². The summed E-state index contributed by atoms with van der Waals surface area (Å²) in [5.74, 6) is -0.874. The molecule has 0 aliphatic heterocycles. The maximum Gasteiger partial charge on any atom is 0.257 e. The Bertz CT molecular complexity index is 399. The van der Waals surface area contributed by atoms with E-state index in [1.165, 1.54) is 12.1 Å². The van der Waals surface area contributed by atoms with E-state index >= 15 is 0 Å². The molecule has 0 bridgehead atoms. The number of halogens is 1. The summed E-state index contributed by atoms with van der Waals surface area (Å²) >= 11 is 0. The second-order valence-electron chi connectivity index (χ2n) is 3.67. The van der Waals surface area contributed by atoms with Crippen LogP contribution in [-0.4, -0.2) is 32.8 Å². The molecule has 0 heterocycles. The number of nitrogen functional groups attached to an aromatic ring is 1. The summed E-state index contributed by atoms with van der Waals surface area (Å²) < 4.78 is 23.2. The Morgan fingerprint density at radius 3 is 2.94 bits per heavy atom. The zero-order chi connectivity index (χ0) is 13.4. The molecule has 1 aromatic carbocycles. The molecule has 0 radical (unpaired) electrons. The van der Waals surface area contributed by atoms with Gasteiger partial charge < -0.3 is 20.5 Å². The van der Waals surface area contributed by atoms with Crippen molar-refractivity contribution >= 4 is 11.6 Å². The number of hydrogen-bond donors (Lipinski definition) is 2. The SMILES string of the molecule is COCCCNC(=O)COc1ccc(N)cc1F. The van der Waals surface area contributed by atoms with E-state index < -0.39 is 5.82 Å². The Labute approximate surface area is 105 Å². The third kappa shape index (κ3) is 5.01. The first kappa shape index (κ1) is 14.2. The number of ether oxygens (including phenoxy) is 2. The fourth-order valence-electron chi connectivity index (χ4n) is 1.27. The van der Waals surface area contributed by atoms with Crippen LogP contribution in [0.2, 0.25) is 0 Å². The number of benzene rings is 1. The first-order valence-corrected chi connectivity index (χ1v) is 5.57. The topological polar surface area (TPSA) is 73.6 Å². The van der Waals surface area contributed by atoms with Gasteiger partial charge in [0.25, 0.3) is 5.91 Å². The molecule has 1 amide bonds. The Hall–Kier alpha value is -1.82. The molecule has 6 heteroatoms. The van der Waals surface area contributed by atoms with Gasteiger partial charge in [0.15, 0.2) is 18.2 Å². The predicted molar refractivity (Wildman–Crippen MR) is 65.8 cm³/mol. The third-order valence-corrected chi connectivity index (χ3v) is 2.16. The highest BCUT2D eigenvalue weighted by molar-refractivity contribution is 5.77. The van der Waals surface area contributed by atoms with Crippen LogP contribution in [0.25, 0.3) is 0 Å². The largest absolute Gasteiger partial charge is 0.481 e. The number of anilines is 1. The number of carbonyl (C=O) groups excluding carboxylic acids is 1. The molecule has 0 unspecified atom stereocenters. The van der Waals surface area contributed by atoms with E-state index in [0.29, 0.717) is 18.8 Å². The molecule has 0 atom stereocenters. The van der Waals surface area contributed by atoms with Crippen molar-refractivity contribution in [1.29, 1.82) is 0 Å². The van der Waals surface area contributed by atoms with E-state index in [4.69, 9.17) is 15.2 Å². The first-order chi connectivity index (χ1) is 8.63. The third-order valence-electron chi connectivity index (χ3n) is 2.16. The maximum atomic E-state index is 13.3. The minimum Gasteiger partial charge on any atom is -0.481 e. The molecule has 0 saturated carbocycles. The lowest BCUT2D eigenvalue weighted by Gasteiger charge is -2.08. The Balaban J connectivity index is 2.29. The Morgan fingerprint density at radius 2 is 2.28 bits per heavy atom. The molecule has 100 valence electrons. The number of methoxy groups -OCH3 is 1. The zero-order valence-electron chi connectivity index (χ0n) is 10.2. The van der Waals surface area contributed by atoms with Gasteiger partial charge in [-0.25, -0.2) is 4.39 Å². The van der Waals surface area contributed by atoms with Crippen molar-refractivity contribution in [2.24, 2.45) is 0 Å². The molecule has 0 fully saturated rings. The molecule has 0 saturated heterocycles. The van der Waals surface area contributed by atoms with Crippen molar-refractivity contribution < 1.29 is 18.7 Å². The van der Waals surface area contributed by atoms with Crippen LogP contribution in [0.4, 0.5) is 10.1 Å². The van der Waals surface area contributed by atoms with Crippen LogP contribution in [0.15, 0.2) is 18.2 Å². The lowest BCUT2D eigenvalue weighted by Crippen LogP contribution is -2.30. The van der Waals surface area contributed by atoms with Gasteiger partial charge in [-0.15, -0.1) is 0 Å². The highest BCUT2D eigenvalue weighted by atomic mass is 19.1. The van der Waals surface area contributed by atoms with Crippen LogP contribution in [0, 0.1) is 5.82 Å². The average Bonchev–Trinajstić information content (AvgIpc) is 2.33. The summed E-state index contributed by atoms with van der Waals surface area (Å²) in [4.78, 5) is 11.3. The van der Waals surface area contributed by atoms with Crippen molar-refractivity contribution in [2.45, 2.75) is 6.42 Å². The fourth-order valence-corrected chi connectivity index (χ4v) is 1.27. The summed E-state index contributed by atoms with van der Waals surface area (Å²) in [6, 6.07) is 4.05. The predicted octanol–water partition coefficient (Wildman–Crippen LogP) is 0.939. The number of carbonyl (C=O) groups is 1. The summed E-state index contributed by atoms with van der Waals surface area (Å²) in [5.41, 5.74) is 5.70. The van der Waals surface area contributed by atoms with Crippen molar-refractivity contribution in [3.63, 3.8) is 0 Å². The molecule has 1 rings (SSSR count). The van der Waals surface area contributed by atoms with Crippen LogP contribution >= 0.6 is 0 Å². The van der Waals surface area contributed by atoms with E-state index in [9.17, 15) is 9.18 Å². The molecule has 18 heavy (non-hydrogen) atoms. The molecule has 0 spiro atoms. The fraction of sp³-hybridized carbons (Fsp3) is 0.417. The Kier molecular flexibility index (Phi) is 5.93. The summed E-state index contributed by atoms with van der Waals surface area (Å²) in [6.45, 7) is 0.849. The second kappa shape index (κ2) is 7.50.